The predicted molar refractivity (Wildman–Crippen MR) is 91.8 cm³/mol. The fraction of sp³-hybridized carbons (Fsp3) is 0.579. The van der Waals surface area contributed by atoms with E-state index in [1.807, 2.05) is 13.8 Å². The van der Waals surface area contributed by atoms with E-state index in [4.69, 9.17) is 9.47 Å². The van der Waals surface area contributed by atoms with Crippen LogP contribution in [0, 0.1) is 5.92 Å². The lowest BCUT2D eigenvalue weighted by molar-refractivity contribution is -0.137. The number of Topliss-reactive ketones (excluding diaryl/α,β-unsaturated/α-hetero) is 1. The van der Waals surface area contributed by atoms with Crippen LogP contribution in [0.15, 0.2) is 24.3 Å². The maximum Gasteiger partial charge on any atom is 0.416 e. The van der Waals surface area contributed by atoms with Crippen molar-refractivity contribution in [1.82, 2.24) is 5.32 Å². The molecule has 3 atom stereocenters. The minimum absolute atomic E-state index is 0.00634. The number of amides is 1. The number of ketones is 1. The highest BCUT2D eigenvalue weighted by molar-refractivity contribution is 5.92. The molecule has 5 nitrogen and oxygen atoms in total. The van der Waals surface area contributed by atoms with E-state index in [9.17, 15) is 22.8 Å². The van der Waals surface area contributed by atoms with Gasteiger partial charge in [-0.25, -0.2) is 0 Å². The fourth-order valence-electron chi connectivity index (χ4n) is 2.77. The Labute approximate surface area is 156 Å². The number of rotatable bonds is 7. The number of nitrogens with one attached hydrogen (secondary N) is 1. The molecule has 0 aromatic heterocycles. The highest BCUT2D eigenvalue weighted by atomic mass is 19.4. The number of halogens is 3. The second kappa shape index (κ2) is 8.84. The van der Waals surface area contributed by atoms with Crippen molar-refractivity contribution in [2.75, 3.05) is 6.61 Å². The molecule has 1 saturated heterocycles. The van der Waals surface area contributed by atoms with Crippen molar-refractivity contribution in [3.63, 3.8) is 0 Å². The van der Waals surface area contributed by atoms with Gasteiger partial charge >= 0.3 is 6.18 Å². The SMILES string of the molecule is CC(C)C[C@H](OCc1ccc(C(F)(F)F)cc1)C(=O)N[C@H]1C(=O)CO[C@H]1C. The van der Waals surface area contributed by atoms with Crippen molar-refractivity contribution in [3.05, 3.63) is 35.4 Å². The van der Waals surface area contributed by atoms with Crippen LogP contribution in [-0.2, 0) is 31.8 Å². The summed E-state index contributed by atoms with van der Waals surface area (Å²) in [4.78, 5) is 24.3. The predicted octanol–water partition coefficient (Wildman–Crippen LogP) is 3.11. The van der Waals surface area contributed by atoms with E-state index in [0.29, 0.717) is 12.0 Å². The molecule has 150 valence electrons. The Morgan fingerprint density at radius 3 is 2.41 bits per heavy atom. The zero-order chi connectivity index (χ0) is 20.2. The highest BCUT2D eigenvalue weighted by Gasteiger charge is 2.35. The highest BCUT2D eigenvalue weighted by Crippen LogP contribution is 2.29. The Morgan fingerprint density at radius 1 is 1.30 bits per heavy atom. The third-order valence-corrected chi connectivity index (χ3v) is 4.31. The van der Waals surface area contributed by atoms with Crippen molar-refractivity contribution in [1.29, 1.82) is 0 Å². The van der Waals surface area contributed by atoms with E-state index in [-0.39, 0.29) is 24.9 Å². The van der Waals surface area contributed by atoms with E-state index < -0.39 is 35.9 Å². The van der Waals surface area contributed by atoms with Crippen LogP contribution in [0.25, 0.3) is 0 Å². The van der Waals surface area contributed by atoms with Crippen molar-refractivity contribution in [2.45, 2.75) is 58.2 Å². The molecule has 0 unspecified atom stereocenters. The van der Waals surface area contributed by atoms with Gasteiger partial charge in [0.15, 0.2) is 5.78 Å². The summed E-state index contributed by atoms with van der Waals surface area (Å²) in [6.45, 7) is 5.51. The van der Waals surface area contributed by atoms with Gasteiger partial charge in [-0.05, 0) is 37.0 Å². The van der Waals surface area contributed by atoms with Gasteiger partial charge in [-0.1, -0.05) is 26.0 Å². The van der Waals surface area contributed by atoms with Gasteiger partial charge in [-0.3, -0.25) is 9.59 Å². The van der Waals surface area contributed by atoms with Gasteiger partial charge in [0.05, 0.1) is 18.3 Å². The van der Waals surface area contributed by atoms with E-state index in [1.165, 1.54) is 12.1 Å². The Morgan fingerprint density at radius 2 is 1.93 bits per heavy atom. The molecule has 1 heterocycles. The Balaban J connectivity index is 1.99. The minimum atomic E-state index is -4.40. The lowest BCUT2D eigenvalue weighted by Crippen LogP contribution is -2.48. The van der Waals surface area contributed by atoms with Crippen LogP contribution >= 0.6 is 0 Å². The van der Waals surface area contributed by atoms with Gasteiger partial charge < -0.3 is 14.8 Å². The maximum absolute atomic E-state index is 12.6. The topological polar surface area (TPSA) is 64.6 Å². The molecule has 1 fully saturated rings. The molecule has 0 bridgehead atoms. The molecule has 1 aromatic rings. The average Bonchev–Trinajstić information content (AvgIpc) is 2.89. The number of carbonyl (C=O) groups is 2. The third kappa shape index (κ3) is 6.04. The maximum atomic E-state index is 12.6. The zero-order valence-electron chi connectivity index (χ0n) is 15.5. The van der Waals surface area contributed by atoms with Gasteiger partial charge in [0, 0.05) is 0 Å². The van der Waals surface area contributed by atoms with Gasteiger partial charge in [0.25, 0.3) is 0 Å². The molecule has 0 aliphatic carbocycles. The molecular formula is C19H24F3NO4. The Bertz CT molecular complexity index is 658. The van der Waals surface area contributed by atoms with E-state index >= 15 is 0 Å². The smallest absolute Gasteiger partial charge is 0.368 e. The molecule has 2 rings (SSSR count). The van der Waals surface area contributed by atoms with Gasteiger partial charge in [0.1, 0.15) is 18.8 Å². The lowest BCUT2D eigenvalue weighted by Gasteiger charge is -2.22. The minimum Gasteiger partial charge on any atom is -0.368 e. The average molecular weight is 387 g/mol. The van der Waals surface area contributed by atoms with Crippen LogP contribution in [0.1, 0.15) is 38.3 Å². The van der Waals surface area contributed by atoms with Crippen LogP contribution in [0.3, 0.4) is 0 Å². The van der Waals surface area contributed by atoms with Gasteiger partial charge in [-0.2, -0.15) is 13.2 Å². The molecule has 0 saturated carbocycles. The Hall–Kier alpha value is -1.93. The molecular weight excluding hydrogens is 363 g/mol. The van der Waals surface area contributed by atoms with Crippen molar-refractivity contribution in [3.8, 4) is 0 Å². The van der Waals surface area contributed by atoms with Crippen molar-refractivity contribution < 1.29 is 32.2 Å². The summed E-state index contributed by atoms with van der Waals surface area (Å²) >= 11 is 0. The molecule has 1 aromatic carbocycles. The molecule has 27 heavy (non-hydrogen) atoms. The summed E-state index contributed by atoms with van der Waals surface area (Å²) in [5, 5.41) is 2.66. The molecule has 0 radical (unpaired) electrons. The number of benzene rings is 1. The fourth-order valence-corrected chi connectivity index (χ4v) is 2.77. The van der Waals surface area contributed by atoms with Crippen molar-refractivity contribution >= 4 is 11.7 Å². The number of carbonyl (C=O) groups excluding carboxylic acids is 2. The summed E-state index contributed by atoms with van der Waals surface area (Å²) in [6, 6.07) is 3.90. The van der Waals surface area contributed by atoms with Crippen molar-refractivity contribution in [2.24, 2.45) is 5.92 Å². The quantitative estimate of drug-likeness (QED) is 0.781. The molecule has 1 amide bonds. The number of hydrogen-bond acceptors (Lipinski definition) is 4. The summed E-state index contributed by atoms with van der Waals surface area (Å²) in [5.74, 6) is -0.463. The molecule has 0 spiro atoms. The van der Waals surface area contributed by atoms with Crippen LogP contribution in [0.2, 0.25) is 0 Å². The standard InChI is InChI=1S/C19H24F3NO4/c1-11(2)8-16(18(25)23-17-12(3)26-10-15(17)24)27-9-13-4-6-14(7-5-13)19(20,21)22/h4-7,11-12,16-17H,8-10H2,1-3H3,(H,23,25)/t12-,16-,17+/m0/s1. The Kier molecular flexibility index (Phi) is 7.00. The summed E-state index contributed by atoms with van der Waals surface area (Å²) in [5.41, 5.74) is -0.213. The first kappa shape index (κ1) is 21.4. The number of ether oxygens (including phenoxy) is 2. The summed E-state index contributed by atoms with van der Waals surface area (Å²) < 4.78 is 48.7. The second-order valence-corrected chi connectivity index (χ2v) is 7.09. The second-order valence-electron chi connectivity index (χ2n) is 7.09. The summed E-state index contributed by atoms with van der Waals surface area (Å²) in [6.07, 6.45) is -5.20. The zero-order valence-corrected chi connectivity index (χ0v) is 15.5. The normalized spacial score (nSPS) is 21.5. The molecule has 1 aliphatic rings. The van der Waals surface area contributed by atoms with E-state index in [1.54, 1.807) is 6.92 Å². The first-order valence-electron chi connectivity index (χ1n) is 8.80. The largest absolute Gasteiger partial charge is 0.416 e. The molecule has 1 N–H and O–H groups in total. The first-order valence-corrected chi connectivity index (χ1v) is 8.80. The van der Waals surface area contributed by atoms with Crippen LogP contribution in [0.4, 0.5) is 13.2 Å². The van der Waals surface area contributed by atoms with Gasteiger partial charge in [0.2, 0.25) is 5.91 Å². The molecule has 1 aliphatic heterocycles. The molecule has 8 heteroatoms. The van der Waals surface area contributed by atoms with Gasteiger partial charge in [-0.15, -0.1) is 0 Å². The van der Waals surface area contributed by atoms with Crippen LogP contribution in [-0.4, -0.2) is 36.5 Å². The lowest BCUT2D eigenvalue weighted by atomic mass is 10.0. The number of hydrogen-bond donors (Lipinski definition) is 1. The first-order chi connectivity index (χ1) is 12.6. The third-order valence-electron chi connectivity index (χ3n) is 4.31. The van der Waals surface area contributed by atoms with Crippen LogP contribution in [0.5, 0.6) is 0 Å². The summed E-state index contributed by atoms with van der Waals surface area (Å²) in [7, 11) is 0. The number of alkyl halides is 3. The van der Waals surface area contributed by atoms with Crippen LogP contribution < -0.4 is 5.32 Å². The monoisotopic (exact) mass is 387 g/mol. The van der Waals surface area contributed by atoms with E-state index in [2.05, 4.69) is 5.32 Å². The van der Waals surface area contributed by atoms with E-state index in [0.717, 1.165) is 12.1 Å².